The van der Waals surface area contributed by atoms with Crippen LogP contribution in [-0.2, 0) is 20.6 Å². The number of nitrogens with zero attached hydrogens (tertiary/aromatic N) is 6. The Balaban J connectivity index is 2.27. The zero-order chi connectivity index (χ0) is 18.3. The van der Waals surface area contributed by atoms with Crippen molar-refractivity contribution in [3.8, 4) is 0 Å². The van der Waals surface area contributed by atoms with E-state index in [0.717, 1.165) is 42.3 Å². The largest absolute Gasteiger partial charge is 0.340 e. The predicted octanol–water partition coefficient (Wildman–Crippen LogP) is 0.152. The minimum Gasteiger partial charge on any atom is -0.340 e. The first-order valence-electron chi connectivity index (χ1n) is 8.56. The molecule has 0 atom stereocenters. The van der Waals surface area contributed by atoms with Gasteiger partial charge in [-0.3, -0.25) is 13.9 Å². The van der Waals surface area contributed by atoms with Crippen LogP contribution in [0.15, 0.2) is 21.2 Å². The minimum atomic E-state index is -0.352. The molecule has 0 N–H and O–H groups in total. The summed E-state index contributed by atoms with van der Waals surface area (Å²) in [6, 6.07) is 0. The minimum absolute atomic E-state index is 0.296. The van der Waals surface area contributed by atoms with Crippen molar-refractivity contribution in [2.75, 3.05) is 38.1 Å². The Hall–Kier alpha value is -2.35. The second kappa shape index (κ2) is 6.51. The molecule has 0 amide bonds. The predicted molar refractivity (Wildman–Crippen MR) is 99.4 cm³/mol. The lowest BCUT2D eigenvalue weighted by atomic mass is 10.3. The van der Waals surface area contributed by atoms with Crippen molar-refractivity contribution in [1.29, 1.82) is 0 Å². The van der Waals surface area contributed by atoms with E-state index in [1.807, 2.05) is 24.5 Å². The highest BCUT2D eigenvalue weighted by molar-refractivity contribution is 5.74. The van der Waals surface area contributed by atoms with Crippen LogP contribution in [0.2, 0.25) is 0 Å². The van der Waals surface area contributed by atoms with Gasteiger partial charge in [-0.1, -0.05) is 11.6 Å². The lowest BCUT2D eigenvalue weighted by Crippen LogP contribution is -2.45. The Bertz CT molecular complexity index is 941. The Kier molecular flexibility index (Phi) is 4.55. The van der Waals surface area contributed by atoms with E-state index in [1.54, 1.807) is 7.05 Å². The van der Waals surface area contributed by atoms with Crippen LogP contribution in [0.1, 0.15) is 13.8 Å². The molecule has 3 rings (SSSR count). The van der Waals surface area contributed by atoms with Crippen molar-refractivity contribution < 1.29 is 0 Å². The molecule has 0 aromatic carbocycles. The molecule has 0 spiro atoms. The van der Waals surface area contributed by atoms with Crippen LogP contribution >= 0.6 is 0 Å². The van der Waals surface area contributed by atoms with E-state index in [2.05, 4.69) is 16.8 Å². The first-order valence-corrected chi connectivity index (χ1v) is 8.56. The molecule has 2 aromatic rings. The van der Waals surface area contributed by atoms with Crippen LogP contribution in [0.4, 0.5) is 5.95 Å². The molecule has 25 heavy (non-hydrogen) atoms. The van der Waals surface area contributed by atoms with Gasteiger partial charge in [0.2, 0.25) is 5.95 Å². The topological polar surface area (TPSA) is 68.3 Å². The van der Waals surface area contributed by atoms with Gasteiger partial charge in [-0.15, -0.1) is 0 Å². The van der Waals surface area contributed by atoms with Crippen molar-refractivity contribution in [2.24, 2.45) is 14.1 Å². The summed E-state index contributed by atoms with van der Waals surface area (Å²) in [6.07, 6.45) is 2.03. The fraction of sp³-hybridized carbons (Fsp3) is 0.588. The maximum absolute atomic E-state index is 12.8. The molecule has 136 valence electrons. The van der Waals surface area contributed by atoms with Crippen LogP contribution in [0.25, 0.3) is 11.2 Å². The van der Waals surface area contributed by atoms with Gasteiger partial charge in [0.1, 0.15) is 0 Å². The Morgan fingerprint density at radius 2 is 1.72 bits per heavy atom. The molecule has 2 aromatic heterocycles. The molecule has 8 heteroatoms. The summed E-state index contributed by atoms with van der Waals surface area (Å²) in [6.45, 7) is 8.20. The van der Waals surface area contributed by atoms with Gasteiger partial charge in [-0.25, -0.2) is 4.79 Å². The van der Waals surface area contributed by atoms with Gasteiger partial charge in [-0.2, -0.15) is 4.98 Å². The number of anilines is 1. The number of imidazole rings is 1. The summed E-state index contributed by atoms with van der Waals surface area (Å²) in [4.78, 5) is 34.2. The molecule has 8 nitrogen and oxygen atoms in total. The van der Waals surface area contributed by atoms with E-state index in [1.165, 1.54) is 11.6 Å². The number of likely N-dealkylation sites (N-methyl/N-ethyl adjacent to an activating group) is 1. The van der Waals surface area contributed by atoms with Gasteiger partial charge in [0.25, 0.3) is 5.56 Å². The summed E-state index contributed by atoms with van der Waals surface area (Å²) in [5.41, 5.74) is 1.43. The fourth-order valence-corrected chi connectivity index (χ4v) is 3.17. The Morgan fingerprint density at radius 3 is 2.32 bits per heavy atom. The highest BCUT2D eigenvalue weighted by Gasteiger charge is 2.24. The first-order chi connectivity index (χ1) is 11.8. The smallest absolute Gasteiger partial charge is 0.332 e. The maximum Gasteiger partial charge on any atom is 0.332 e. The molecule has 0 bridgehead atoms. The molecule has 1 aliphatic rings. The zero-order valence-electron chi connectivity index (χ0n) is 15.6. The summed E-state index contributed by atoms with van der Waals surface area (Å²) in [7, 11) is 5.28. The van der Waals surface area contributed by atoms with Crippen LogP contribution in [0, 0.1) is 0 Å². The summed E-state index contributed by atoms with van der Waals surface area (Å²) in [5.74, 6) is 0.766. The number of rotatable bonds is 3. The molecular formula is C17H26N6O2. The highest BCUT2D eigenvalue weighted by atomic mass is 16.2. The monoisotopic (exact) mass is 346 g/mol. The average Bonchev–Trinajstić information content (AvgIpc) is 2.98. The molecule has 0 saturated carbocycles. The van der Waals surface area contributed by atoms with E-state index < -0.39 is 0 Å². The number of piperazine rings is 1. The molecular weight excluding hydrogens is 320 g/mol. The normalized spacial score (nSPS) is 16.8. The van der Waals surface area contributed by atoms with Crippen molar-refractivity contribution in [2.45, 2.75) is 20.4 Å². The first kappa shape index (κ1) is 17.5. The van der Waals surface area contributed by atoms with Crippen molar-refractivity contribution in [1.82, 2.24) is 23.6 Å². The number of hydrogen-bond acceptors (Lipinski definition) is 5. The zero-order valence-corrected chi connectivity index (χ0v) is 15.6. The molecule has 0 radical (unpaired) electrons. The van der Waals surface area contributed by atoms with E-state index in [4.69, 9.17) is 4.98 Å². The summed E-state index contributed by atoms with van der Waals surface area (Å²) >= 11 is 0. The maximum atomic E-state index is 12.8. The third kappa shape index (κ3) is 2.90. The van der Waals surface area contributed by atoms with Crippen molar-refractivity contribution >= 4 is 17.1 Å². The molecule has 1 aliphatic heterocycles. The van der Waals surface area contributed by atoms with E-state index in [-0.39, 0.29) is 11.2 Å². The van der Waals surface area contributed by atoms with Gasteiger partial charge >= 0.3 is 5.69 Å². The van der Waals surface area contributed by atoms with Crippen molar-refractivity contribution in [3.05, 3.63) is 32.5 Å². The third-order valence-electron chi connectivity index (χ3n) is 5.01. The van der Waals surface area contributed by atoms with Crippen LogP contribution < -0.4 is 16.1 Å². The van der Waals surface area contributed by atoms with Crippen LogP contribution in [-0.4, -0.2) is 56.8 Å². The van der Waals surface area contributed by atoms with Gasteiger partial charge in [0.15, 0.2) is 11.2 Å². The second-order valence-corrected chi connectivity index (χ2v) is 6.80. The van der Waals surface area contributed by atoms with Crippen LogP contribution in [0.5, 0.6) is 0 Å². The molecule has 0 aliphatic carbocycles. The van der Waals surface area contributed by atoms with Gasteiger partial charge in [0, 0.05) is 46.8 Å². The number of hydrogen-bond donors (Lipinski definition) is 0. The Labute approximate surface area is 146 Å². The molecule has 0 unspecified atom stereocenters. The summed E-state index contributed by atoms with van der Waals surface area (Å²) < 4.78 is 4.56. The van der Waals surface area contributed by atoms with E-state index >= 15 is 0 Å². The fourth-order valence-electron chi connectivity index (χ4n) is 3.17. The van der Waals surface area contributed by atoms with E-state index in [9.17, 15) is 9.59 Å². The standard InChI is InChI=1S/C17H26N6O2/c1-6-12(2)11-23-13-14(20(4)17(25)21(5)15(13)24)18-16(23)22-9-7-19(3)8-10-22/h6H,7-11H2,1-5H3/b12-6+. The number of allylic oxidation sites excluding steroid dienone is 2. The van der Waals surface area contributed by atoms with Gasteiger partial charge in [0.05, 0.1) is 0 Å². The lowest BCUT2D eigenvalue weighted by Gasteiger charge is -2.33. The van der Waals surface area contributed by atoms with E-state index in [0.29, 0.717) is 17.7 Å². The highest BCUT2D eigenvalue weighted by Crippen LogP contribution is 2.22. The lowest BCUT2D eigenvalue weighted by molar-refractivity contribution is 0.310. The number of aryl methyl sites for hydroxylation is 1. The molecule has 1 fully saturated rings. The SMILES string of the molecule is C/C=C(\C)Cn1c(N2CCN(C)CC2)nc2c1c(=O)n(C)c(=O)n2C. The summed E-state index contributed by atoms with van der Waals surface area (Å²) in [5, 5.41) is 0. The Morgan fingerprint density at radius 1 is 1.08 bits per heavy atom. The van der Waals surface area contributed by atoms with Crippen molar-refractivity contribution in [3.63, 3.8) is 0 Å². The van der Waals surface area contributed by atoms with Crippen LogP contribution in [0.3, 0.4) is 0 Å². The van der Waals surface area contributed by atoms with Gasteiger partial charge < -0.3 is 14.4 Å². The third-order valence-corrected chi connectivity index (χ3v) is 5.01. The number of fused-ring (bicyclic) bond motifs is 1. The average molecular weight is 346 g/mol. The quantitative estimate of drug-likeness (QED) is 0.740. The molecule has 1 saturated heterocycles. The number of aromatic nitrogens is 4. The molecule has 3 heterocycles. The van der Waals surface area contributed by atoms with Gasteiger partial charge in [-0.05, 0) is 20.9 Å². The second-order valence-electron chi connectivity index (χ2n) is 6.80.